The minimum atomic E-state index is -0.317. The molecule has 0 aromatic carbocycles. The number of aliphatic hydroxyl groups is 1. The molecule has 1 aliphatic heterocycles. The predicted molar refractivity (Wildman–Crippen MR) is 69.7 cm³/mol. The molecule has 1 N–H and O–H groups in total. The van der Waals surface area contributed by atoms with Crippen molar-refractivity contribution in [2.75, 3.05) is 6.54 Å². The summed E-state index contributed by atoms with van der Waals surface area (Å²) in [5, 5.41) is 9.50. The molecule has 0 aromatic heterocycles. The second-order valence-corrected chi connectivity index (χ2v) is 6.56. The van der Waals surface area contributed by atoms with Gasteiger partial charge in [0.1, 0.15) is 0 Å². The molecule has 0 bridgehead atoms. The van der Waals surface area contributed by atoms with E-state index in [9.17, 15) is 9.90 Å². The highest BCUT2D eigenvalue weighted by Crippen LogP contribution is 2.26. The summed E-state index contributed by atoms with van der Waals surface area (Å²) in [6, 6.07) is 0.249. The van der Waals surface area contributed by atoms with Crippen molar-refractivity contribution in [3.05, 3.63) is 0 Å². The van der Waals surface area contributed by atoms with Gasteiger partial charge in [-0.25, -0.2) is 0 Å². The van der Waals surface area contributed by atoms with E-state index in [0.717, 1.165) is 25.8 Å². The molecule has 0 spiro atoms. The van der Waals surface area contributed by atoms with Crippen molar-refractivity contribution in [3.63, 3.8) is 0 Å². The molecule has 2 atom stereocenters. The molecule has 1 rings (SSSR count). The van der Waals surface area contributed by atoms with Gasteiger partial charge in [-0.2, -0.15) is 0 Å². The fraction of sp³-hybridized carbons (Fsp3) is 0.929. The first-order valence-corrected chi connectivity index (χ1v) is 6.77. The largest absolute Gasteiger partial charge is 0.393 e. The molecule has 3 nitrogen and oxygen atoms in total. The highest BCUT2D eigenvalue weighted by Gasteiger charge is 2.29. The number of carbonyl (C=O) groups excluding carboxylic acids is 1. The zero-order valence-corrected chi connectivity index (χ0v) is 11.7. The van der Waals surface area contributed by atoms with Crippen LogP contribution in [0.4, 0.5) is 0 Å². The topological polar surface area (TPSA) is 40.5 Å². The van der Waals surface area contributed by atoms with Crippen molar-refractivity contribution < 1.29 is 9.90 Å². The fourth-order valence-corrected chi connectivity index (χ4v) is 2.52. The summed E-state index contributed by atoms with van der Waals surface area (Å²) < 4.78 is 0. The fourth-order valence-electron chi connectivity index (χ4n) is 2.52. The van der Waals surface area contributed by atoms with Crippen molar-refractivity contribution in [3.8, 4) is 0 Å². The van der Waals surface area contributed by atoms with Crippen LogP contribution in [0.5, 0.6) is 0 Å². The molecule has 0 aromatic rings. The van der Waals surface area contributed by atoms with E-state index in [-0.39, 0.29) is 23.5 Å². The van der Waals surface area contributed by atoms with Crippen molar-refractivity contribution in [2.24, 2.45) is 5.41 Å². The SMILES string of the molecule is CC(O)CC1CCCCN1C(=O)CC(C)(C)C. The van der Waals surface area contributed by atoms with Crippen LogP contribution < -0.4 is 0 Å². The van der Waals surface area contributed by atoms with Crippen LogP contribution in [-0.2, 0) is 4.79 Å². The van der Waals surface area contributed by atoms with Gasteiger partial charge in [0.05, 0.1) is 6.10 Å². The zero-order chi connectivity index (χ0) is 13.1. The number of amides is 1. The second-order valence-electron chi connectivity index (χ2n) is 6.56. The molecule has 0 radical (unpaired) electrons. The van der Waals surface area contributed by atoms with Crippen LogP contribution >= 0.6 is 0 Å². The summed E-state index contributed by atoms with van der Waals surface area (Å²) in [7, 11) is 0. The van der Waals surface area contributed by atoms with E-state index in [4.69, 9.17) is 0 Å². The molecule has 1 amide bonds. The first kappa shape index (κ1) is 14.5. The van der Waals surface area contributed by atoms with Crippen LogP contribution in [0.25, 0.3) is 0 Å². The van der Waals surface area contributed by atoms with Crippen molar-refractivity contribution in [1.29, 1.82) is 0 Å². The summed E-state index contributed by atoms with van der Waals surface area (Å²) in [6.07, 6.45) is 4.33. The number of piperidine rings is 1. The Hall–Kier alpha value is -0.570. The Morgan fingerprint density at radius 2 is 2.06 bits per heavy atom. The predicted octanol–water partition coefficient (Wildman–Crippen LogP) is 2.57. The molecule has 0 aliphatic carbocycles. The Bertz CT molecular complexity index is 255. The van der Waals surface area contributed by atoms with Gasteiger partial charge < -0.3 is 10.0 Å². The van der Waals surface area contributed by atoms with Crippen molar-refractivity contribution in [1.82, 2.24) is 4.90 Å². The summed E-state index contributed by atoms with van der Waals surface area (Å²) in [6.45, 7) is 8.96. The monoisotopic (exact) mass is 241 g/mol. The third-order valence-electron chi connectivity index (χ3n) is 3.24. The zero-order valence-electron chi connectivity index (χ0n) is 11.7. The van der Waals surface area contributed by atoms with Crippen LogP contribution in [0.2, 0.25) is 0 Å². The summed E-state index contributed by atoms with van der Waals surface area (Å²) in [4.78, 5) is 14.3. The average molecular weight is 241 g/mol. The van der Waals surface area contributed by atoms with Gasteiger partial charge in [-0.3, -0.25) is 4.79 Å². The van der Waals surface area contributed by atoms with Crippen LogP contribution in [0, 0.1) is 5.41 Å². The van der Waals surface area contributed by atoms with Gasteiger partial charge in [-0.05, 0) is 38.0 Å². The van der Waals surface area contributed by atoms with Gasteiger partial charge >= 0.3 is 0 Å². The number of aliphatic hydroxyl groups excluding tert-OH is 1. The number of rotatable bonds is 3. The first-order chi connectivity index (χ1) is 7.79. The van der Waals surface area contributed by atoms with Crippen LogP contribution in [0.3, 0.4) is 0 Å². The van der Waals surface area contributed by atoms with E-state index in [1.54, 1.807) is 6.92 Å². The molecule has 0 saturated carbocycles. The number of hydrogen-bond donors (Lipinski definition) is 1. The van der Waals surface area contributed by atoms with E-state index in [2.05, 4.69) is 20.8 Å². The highest BCUT2D eigenvalue weighted by molar-refractivity contribution is 5.77. The normalized spacial score (nSPS) is 23.6. The number of nitrogens with zero attached hydrogens (tertiary/aromatic N) is 1. The van der Waals surface area contributed by atoms with Gasteiger partial charge in [0.15, 0.2) is 0 Å². The number of hydrogen-bond acceptors (Lipinski definition) is 2. The van der Waals surface area contributed by atoms with Crippen LogP contribution in [0.1, 0.15) is 59.8 Å². The maximum absolute atomic E-state index is 12.2. The molecular weight excluding hydrogens is 214 g/mol. The Labute approximate surface area is 105 Å². The van der Waals surface area contributed by atoms with Gasteiger partial charge in [-0.15, -0.1) is 0 Å². The maximum atomic E-state index is 12.2. The van der Waals surface area contributed by atoms with Gasteiger partial charge in [0.25, 0.3) is 0 Å². The number of carbonyl (C=O) groups is 1. The first-order valence-electron chi connectivity index (χ1n) is 6.77. The van der Waals surface area contributed by atoms with Crippen LogP contribution in [0.15, 0.2) is 0 Å². The Balaban J connectivity index is 2.61. The Morgan fingerprint density at radius 1 is 1.41 bits per heavy atom. The third kappa shape index (κ3) is 5.07. The lowest BCUT2D eigenvalue weighted by Gasteiger charge is -2.38. The minimum Gasteiger partial charge on any atom is -0.393 e. The maximum Gasteiger partial charge on any atom is 0.223 e. The van der Waals surface area contributed by atoms with E-state index < -0.39 is 0 Å². The standard InChI is InChI=1S/C14H27NO2/c1-11(16)9-12-7-5-6-8-15(12)13(17)10-14(2,3)4/h11-12,16H,5-10H2,1-4H3. The summed E-state index contributed by atoms with van der Waals surface area (Å²) in [5.74, 6) is 0.253. The lowest BCUT2D eigenvalue weighted by molar-refractivity contribution is -0.137. The Morgan fingerprint density at radius 3 is 2.59 bits per heavy atom. The molecule has 1 fully saturated rings. The average Bonchev–Trinajstić information content (AvgIpc) is 2.14. The van der Waals surface area contributed by atoms with E-state index in [1.807, 2.05) is 4.90 Å². The smallest absolute Gasteiger partial charge is 0.223 e. The molecular formula is C14H27NO2. The quantitative estimate of drug-likeness (QED) is 0.825. The van der Waals surface area contributed by atoms with E-state index in [0.29, 0.717) is 6.42 Å². The second kappa shape index (κ2) is 5.85. The van der Waals surface area contributed by atoms with Crippen molar-refractivity contribution in [2.45, 2.75) is 71.9 Å². The molecule has 2 unspecified atom stereocenters. The van der Waals surface area contributed by atoms with Gasteiger partial charge in [0.2, 0.25) is 5.91 Å². The summed E-state index contributed by atoms with van der Waals surface area (Å²) >= 11 is 0. The van der Waals surface area contributed by atoms with Gasteiger partial charge in [-0.1, -0.05) is 20.8 Å². The lowest BCUT2D eigenvalue weighted by atomic mass is 9.89. The minimum absolute atomic E-state index is 0.0455. The number of likely N-dealkylation sites (tertiary alicyclic amines) is 1. The third-order valence-corrected chi connectivity index (χ3v) is 3.24. The van der Waals surface area contributed by atoms with E-state index >= 15 is 0 Å². The molecule has 17 heavy (non-hydrogen) atoms. The van der Waals surface area contributed by atoms with Crippen molar-refractivity contribution >= 4 is 5.91 Å². The lowest BCUT2D eigenvalue weighted by Crippen LogP contribution is -2.46. The summed E-state index contributed by atoms with van der Waals surface area (Å²) in [5.41, 5.74) is 0.0455. The Kier molecular flexibility index (Phi) is 4.99. The van der Waals surface area contributed by atoms with E-state index in [1.165, 1.54) is 6.42 Å². The highest BCUT2D eigenvalue weighted by atomic mass is 16.3. The van der Waals surface area contributed by atoms with Crippen LogP contribution in [-0.4, -0.2) is 34.6 Å². The molecule has 1 heterocycles. The molecule has 100 valence electrons. The molecule has 1 aliphatic rings. The molecule has 3 heteroatoms. The van der Waals surface area contributed by atoms with Gasteiger partial charge in [0, 0.05) is 19.0 Å². The molecule has 1 saturated heterocycles.